The standard InChI is InChI=1S/C21H18ClN3O3/c1-12-17(22)4-3-5-18(12)25-20-16(11-23-25)15(10-19(26)24-20)13-6-8-14(9-7-13)21(27)28-2/h3-9,11,15H,10H2,1-2H3,(H,24,26)/t15-/m1/s1. The van der Waals surface area contributed by atoms with Crippen LogP contribution >= 0.6 is 11.6 Å². The summed E-state index contributed by atoms with van der Waals surface area (Å²) >= 11 is 6.25. The molecule has 2 aromatic carbocycles. The van der Waals surface area contributed by atoms with Crippen molar-refractivity contribution in [2.24, 2.45) is 0 Å². The second-order valence-corrected chi connectivity index (χ2v) is 7.07. The van der Waals surface area contributed by atoms with Gasteiger partial charge in [0.25, 0.3) is 0 Å². The van der Waals surface area contributed by atoms with Gasteiger partial charge in [0, 0.05) is 22.9 Å². The minimum Gasteiger partial charge on any atom is -0.465 e. The van der Waals surface area contributed by atoms with E-state index in [2.05, 4.69) is 10.4 Å². The molecule has 1 aliphatic heterocycles. The smallest absolute Gasteiger partial charge is 0.337 e. The number of fused-ring (bicyclic) bond motifs is 1. The maximum atomic E-state index is 12.4. The average Bonchev–Trinajstić information content (AvgIpc) is 3.12. The molecule has 0 radical (unpaired) electrons. The molecule has 6 nitrogen and oxygen atoms in total. The Morgan fingerprint density at radius 1 is 1.25 bits per heavy atom. The van der Waals surface area contributed by atoms with Crippen LogP contribution in [0.15, 0.2) is 48.7 Å². The molecule has 0 spiro atoms. The quantitative estimate of drug-likeness (QED) is 0.678. The first-order valence-corrected chi connectivity index (χ1v) is 9.19. The van der Waals surface area contributed by atoms with Crippen LogP contribution in [0.5, 0.6) is 0 Å². The van der Waals surface area contributed by atoms with Crippen LogP contribution in [0.25, 0.3) is 5.69 Å². The lowest BCUT2D eigenvalue weighted by molar-refractivity contribution is -0.116. The molecule has 2 heterocycles. The van der Waals surface area contributed by atoms with Crippen LogP contribution in [-0.4, -0.2) is 28.8 Å². The number of methoxy groups -OCH3 is 1. The number of ether oxygens (including phenoxy) is 1. The molecule has 1 aliphatic rings. The molecular formula is C21H18ClN3O3. The summed E-state index contributed by atoms with van der Waals surface area (Å²) in [6.45, 7) is 1.92. The molecule has 1 N–H and O–H groups in total. The molecule has 0 saturated heterocycles. The molecule has 0 aliphatic carbocycles. The average molecular weight is 396 g/mol. The summed E-state index contributed by atoms with van der Waals surface area (Å²) in [5, 5.41) is 8.08. The van der Waals surface area contributed by atoms with Gasteiger partial charge in [0.15, 0.2) is 0 Å². The molecule has 0 saturated carbocycles. The Labute approximate surface area is 167 Å². The van der Waals surface area contributed by atoms with Crippen molar-refractivity contribution < 1.29 is 14.3 Å². The number of hydrogen-bond acceptors (Lipinski definition) is 4. The molecule has 4 rings (SSSR count). The van der Waals surface area contributed by atoms with Gasteiger partial charge < -0.3 is 10.1 Å². The van der Waals surface area contributed by atoms with Gasteiger partial charge in [0.05, 0.1) is 24.6 Å². The van der Waals surface area contributed by atoms with E-state index in [-0.39, 0.29) is 11.8 Å². The lowest BCUT2D eigenvalue weighted by Crippen LogP contribution is -2.24. The molecule has 0 unspecified atom stereocenters. The third-order valence-corrected chi connectivity index (χ3v) is 5.43. The van der Waals surface area contributed by atoms with E-state index >= 15 is 0 Å². The summed E-state index contributed by atoms with van der Waals surface area (Å²) < 4.78 is 6.45. The summed E-state index contributed by atoms with van der Waals surface area (Å²) in [5.41, 5.74) is 4.03. The van der Waals surface area contributed by atoms with Crippen LogP contribution in [0.3, 0.4) is 0 Å². The normalized spacial score (nSPS) is 15.7. The van der Waals surface area contributed by atoms with Gasteiger partial charge in [-0.3, -0.25) is 4.79 Å². The summed E-state index contributed by atoms with van der Waals surface area (Å²) in [6, 6.07) is 12.7. The number of nitrogens with zero attached hydrogens (tertiary/aromatic N) is 2. The van der Waals surface area contributed by atoms with Crippen molar-refractivity contribution >= 4 is 29.3 Å². The van der Waals surface area contributed by atoms with E-state index in [9.17, 15) is 9.59 Å². The van der Waals surface area contributed by atoms with Gasteiger partial charge in [-0.15, -0.1) is 0 Å². The number of hydrogen-bond donors (Lipinski definition) is 1. The topological polar surface area (TPSA) is 73.2 Å². The predicted molar refractivity (Wildman–Crippen MR) is 106 cm³/mol. The summed E-state index contributed by atoms with van der Waals surface area (Å²) in [7, 11) is 1.35. The summed E-state index contributed by atoms with van der Waals surface area (Å²) in [5.74, 6) is 0.0150. The highest BCUT2D eigenvalue weighted by Gasteiger charge is 2.30. The second-order valence-electron chi connectivity index (χ2n) is 6.66. The van der Waals surface area contributed by atoms with E-state index < -0.39 is 5.97 Å². The van der Waals surface area contributed by atoms with Gasteiger partial charge >= 0.3 is 5.97 Å². The molecule has 0 fully saturated rings. The van der Waals surface area contributed by atoms with Gasteiger partial charge in [0.2, 0.25) is 5.91 Å². The molecule has 1 aromatic heterocycles. The largest absolute Gasteiger partial charge is 0.465 e. The Balaban J connectivity index is 1.77. The van der Waals surface area contributed by atoms with Crippen molar-refractivity contribution in [1.82, 2.24) is 9.78 Å². The zero-order valence-corrected chi connectivity index (χ0v) is 16.2. The third-order valence-electron chi connectivity index (χ3n) is 5.02. The van der Waals surface area contributed by atoms with Crippen LogP contribution in [0, 0.1) is 6.92 Å². The van der Waals surface area contributed by atoms with Gasteiger partial charge in [0.1, 0.15) is 5.82 Å². The molecule has 142 valence electrons. The Morgan fingerprint density at radius 3 is 2.71 bits per heavy atom. The van der Waals surface area contributed by atoms with E-state index in [1.807, 2.05) is 37.3 Å². The van der Waals surface area contributed by atoms with E-state index in [0.29, 0.717) is 22.8 Å². The van der Waals surface area contributed by atoms with E-state index in [1.165, 1.54) is 7.11 Å². The minimum absolute atomic E-state index is 0.0871. The van der Waals surface area contributed by atoms with Crippen molar-refractivity contribution in [1.29, 1.82) is 0 Å². The number of carbonyl (C=O) groups is 2. The highest BCUT2D eigenvalue weighted by atomic mass is 35.5. The second kappa shape index (κ2) is 7.13. The fraction of sp³-hybridized carbons (Fsp3) is 0.190. The molecule has 28 heavy (non-hydrogen) atoms. The number of esters is 1. The van der Waals surface area contributed by atoms with Gasteiger partial charge in [-0.05, 0) is 42.3 Å². The highest BCUT2D eigenvalue weighted by molar-refractivity contribution is 6.31. The Hall–Kier alpha value is -3.12. The maximum absolute atomic E-state index is 12.4. The summed E-state index contributed by atoms with van der Waals surface area (Å²) in [4.78, 5) is 24.1. The van der Waals surface area contributed by atoms with Crippen LogP contribution in [0.2, 0.25) is 5.02 Å². The van der Waals surface area contributed by atoms with E-state index in [1.54, 1.807) is 23.0 Å². The zero-order chi connectivity index (χ0) is 19.8. The van der Waals surface area contributed by atoms with Crippen molar-refractivity contribution in [3.8, 4) is 5.69 Å². The SMILES string of the molecule is COC(=O)c1ccc([C@H]2CC(=O)Nc3c2cnn3-c2cccc(Cl)c2C)cc1. The minimum atomic E-state index is -0.391. The molecule has 1 amide bonds. The van der Waals surface area contributed by atoms with Gasteiger partial charge in [-0.25, -0.2) is 9.48 Å². The van der Waals surface area contributed by atoms with E-state index in [4.69, 9.17) is 16.3 Å². The first-order chi connectivity index (χ1) is 13.5. The molecule has 7 heteroatoms. The van der Waals surface area contributed by atoms with Gasteiger partial charge in [-0.2, -0.15) is 5.10 Å². The van der Waals surface area contributed by atoms with E-state index in [0.717, 1.165) is 22.4 Å². The molecular weight excluding hydrogens is 378 g/mol. The van der Waals surface area contributed by atoms with Crippen LogP contribution in [-0.2, 0) is 9.53 Å². The Morgan fingerprint density at radius 2 is 2.00 bits per heavy atom. The Kier molecular flexibility index (Phi) is 4.65. The molecule has 0 bridgehead atoms. The van der Waals surface area contributed by atoms with Crippen LogP contribution in [0.1, 0.15) is 39.4 Å². The number of halogens is 1. The number of anilines is 1. The lowest BCUT2D eigenvalue weighted by Gasteiger charge is -2.24. The maximum Gasteiger partial charge on any atom is 0.337 e. The third kappa shape index (κ3) is 3.05. The van der Waals surface area contributed by atoms with Crippen molar-refractivity contribution in [3.05, 3.63) is 75.9 Å². The predicted octanol–water partition coefficient (Wildman–Crippen LogP) is 4.09. The number of aromatic nitrogens is 2. The number of carbonyl (C=O) groups excluding carboxylic acids is 2. The number of nitrogens with one attached hydrogen (secondary N) is 1. The number of benzene rings is 2. The first kappa shape index (κ1) is 18.3. The molecule has 1 atom stereocenters. The van der Waals surface area contributed by atoms with Gasteiger partial charge in [-0.1, -0.05) is 29.8 Å². The van der Waals surface area contributed by atoms with Crippen molar-refractivity contribution in [3.63, 3.8) is 0 Å². The van der Waals surface area contributed by atoms with Crippen LogP contribution in [0.4, 0.5) is 5.82 Å². The lowest BCUT2D eigenvalue weighted by atomic mass is 9.87. The fourth-order valence-electron chi connectivity index (χ4n) is 3.49. The number of rotatable bonds is 3. The van der Waals surface area contributed by atoms with Crippen LogP contribution < -0.4 is 5.32 Å². The first-order valence-electron chi connectivity index (χ1n) is 8.81. The molecule has 3 aromatic rings. The highest BCUT2D eigenvalue weighted by Crippen LogP contribution is 2.38. The number of amides is 1. The monoisotopic (exact) mass is 395 g/mol. The van der Waals surface area contributed by atoms with Crippen molar-refractivity contribution in [2.45, 2.75) is 19.3 Å². The van der Waals surface area contributed by atoms with Crippen molar-refractivity contribution in [2.75, 3.05) is 12.4 Å². The summed E-state index contributed by atoms with van der Waals surface area (Å²) in [6.07, 6.45) is 2.08. The zero-order valence-electron chi connectivity index (χ0n) is 15.4. The fourth-order valence-corrected chi connectivity index (χ4v) is 3.66. The Bertz CT molecular complexity index is 1070.